The molecule has 7 heteroatoms. The van der Waals surface area contributed by atoms with Crippen molar-refractivity contribution >= 4 is 20.2 Å². The summed E-state index contributed by atoms with van der Waals surface area (Å²) in [5, 5.41) is 10.7. The highest BCUT2D eigenvalue weighted by Crippen LogP contribution is 2.37. The van der Waals surface area contributed by atoms with Gasteiger partial charge in [0.25, 0.3) is 0 Å². The Morgan fingerprint density at radius 1 is 1.23 bits per heavy atom. The number of carbonyl (C=O) groups is 2. The summed E-state index contributed by atoms with van der Waals surface area (Å²) in [5.74, 6) is -0.204. The first kappa shape index (κ1) is 29.3. The van der Waals surface area contributed by atoms with Crippen LogP contribution in [0.3, 0.4) is 0 Å². The lowest BCUT2D eigenvalue weighted by atomic mass is 10.1. The minimum Gasteiger partial charge on any atom is -0.465 e. The van der Waals surface area contributed by atoms with Crippen molar-refractivity contribution in [2.24, 2.45) is 0 Å². The third kappa shape index (κ3) is 8.88. The van der Waals surface area contributed by atoms with Crippen molar-refractivity contribution in [2.75, 3.05) is 13.7 Å². The van der Waals surface area contributed by atoms with Crippen LogP contribution in [0.25, 0.3) is 0 Å². The standard InChI is InChI=1S/C28H45NO5Si/c1-21(34-35(6,7)28(2,3)4)9-8-10-25(30)17-15-24-16-18-26(31)29(24)20-19-22-11-13-23(14-12-22)27(32)33-5/h11-15,17,21,24-25,30H,8-10,16,18-20H2,1-7H3/t21-,24-,25?/m0/s1. The minimum atomic E-state index is -1.77. The number of carbonyl (C=O) groups excluding carboxylic acids is 2. The van der Waals surface area contributed by atoms with Crippen molar-refractivity contribution in [3.05, 3.63) is 47.5 Å². The molecule has 0 radical (unpaired) electrons. The number of esters is 1. The molecule has 1 fully saturated rings. The molecule has 0 aliphatic carbocycles. The first-order chi connectivity index (χ1) is 16.3. The fourth-order valence-electron chi connectivity index (χ4n) is 4.13. The van der Waals surface area contributed by atoms with E-state index < -0.39 is 14.4 Å². The summed E-state index contributed by atoms with van der Waals surface area (Å²) in [6.45, 7) is 14.0. The van der Waals surface area contributed by atoms with Crippen LogP contribution in [0, 0.1) is 0 Å². The van der Waals surface area contributed by atoms with E-state index in [2.05, 4.69) is 40.8 Å². The molecule has 1 aromatic carbocycles. The summed E-state index contributed by atoms with van der Waals surface area (Å²) in [4.78, 5) is 25.9. The van der Waals surface area contributed by atoms with Crippen molar-refractivity contribution in [3.63, 3.8) is 0 Å². The second-order valence-corrected chi connectivity index (χ2v) is 16.0. The number of likely N-dealkylation sites (tertiary alicyclic amines) is 1. The van der Waals surface area contributed by atoms with Gasteiger partial charge in [0.2, 0.25) is 5.91 Å². The molecule has 0 bridgehead atoms. The summed E-state index contributed by atoms with van der Waals surface area (Å²) in [6, 6.07) is 7.32. The maximum atomic E-state index is 12.4. The van der Waals surface area contributed by atoms with E-state index in [1.807, 2.05) is 29.2 Å². The Hall–Kier alpha value is -1.96. The number of aliphatic hydroxyl groups excluding tert-OH is 1. The van der Waals surface area contributed by atoms with Gasteiger partial charge in [-0.15, -0.1) is 0 Å². The smallest absolute Gasteiger partial charge is 0.337 e. The van der Waals surface area contributed by atoms with Crippen molar-refractivity contribution < 1.29 is 23.9 Å². The molecule has 35 heavy (non-hydrogen) atoms. The molecule has 1 unspecified atom stereocenters. The van der Waals surface area contributed by atoms with Crippen molar-refractivity contribution in [1.29, 1.82) is 0 Å². The van der Waals surface area contributed by atoms with Crippen molar-refractivity contribution in [3.8, 4) is 0 Å². The minimum absolute atomic E-state index is 0.0207. The fraction of sp³-hybridized carbons (Fsp3) is 0.643. The summed E-state index contributed by atoms with van der Waals surface area (Å²) >= 11 is 0. The van der Waals surface area contributed by atoms with Gasteiger partial charge in [0.05, 0.1) is 24.8 Å². The molecule has 0 aromatic heterocycles. The molecule has 1 aliphatic rings. The molecule has 196 valence electrons. The number of benzene rings is 1. The summed E-state index contributed by atoms with van der Waals surface area (Å²) < 4.78 is 11.1. The molecule has 3 atom stereocenters. The molecule has 1 aromatic rings. The molecular weight excluding hydrogens is 458 g/mol. The number of ether oxygens (including phenoxy) is 1. The molecule has 1 heterocycles. The Morgan fingerprint density at radius 3 is 2.49 bits per heavy atom. The van der Waals surface area contributed by atoms with E-state index in [9.17, 15) is 14.7 Å². The number of hydrogen-bond donors (Lipinski definition) is 1. The molecule has 2 rings (SSSR count). The topological polar surface area (TPSA) is 76.1 Å². The van der Waals surface area contributed by atoms with E-state index in [0.29, 0.717) is 31.4 Å². The highest BCUT2D eigenvalue weighted by atomic mass is 28.4. The highest BCUT2D eigenvalue weighted by Gasteiger charge is 2.38. The number of nitrogens with zero attached hydrogens (tertiary/aromatic N) is 1. The zero-order valence-corrected chi connectivity index (χ0v) is 23.7. The van der Waals surface area contributed by atoms with E-state index >= 15 is 0 Å². The molecule has 6 nitrogen and oxygen atoms in total. The van der Waals surface area contributed by atoms with Crippen LogP contribution >= 0.6 is 0 Å². The van der Waals surface area contributed by atoms with Crippen LogP contribution < -0.4 is 0 Å². The van der Waals surface area contributed by atoms with Gasteiger partial charge in [-0.2, -0.15) is 0 Å². The molecule has 1 aliphatic heterocycles. The van der Waals surface area contributed by atoms with Gasteiger partial charge in [-0.1, -0.05) is 45.1 Å². The number of rotatable bonds is 12. The van der Waals surface area contributed by atoms with Gasteiger partial charge in [-0.05, 0) is 74.9 Å². The lowest BCUT2D eigenvalue weighted by Crippen LogP contribution is -2.43. The normalized spacial score (nSPS) is 18.8. The number of hydrogen-bond acceptors (Lipinski definition) is 5. The fourth-order valence-corrected chi connectivity index (χ4v) is 5.60. The van der Waals surface area contributed by atoms with E-state index in [1.54, 1.807) is 12.1 Å². The third-order valence-corrected chi connectivity index (χ3v) is 12.0. The van der Waals surface area contributed by atoms with Crippen LogP contribution in [-0.2, 0) is 20.4 Å². The Morgan fingerprint density at radius 2 is 1.89 bits per heavy atom. The van der Waals surface area contributed by atoms with Gasteiger partial charge in [0.1, 0.15) is 0 Å². The van der Waals surface area contributed by atoms with E-state index in [1.165, 1.54) is 7.11 Å². The number of amides is 1. The predicted molar refractivity (Wildman–Crippen MR) is 143 cm³/mol. The number of methoxy groups -OCH3 is 1. The van der Waals surface area contributed by atoms with E-state index in [-0.39, 0.29) is 29.1 Å². The van der Waals surface area contributed by atoms with Crippen molar-refractivity contribution in [2.45, 2.75) is 103 Å². The molecule has 1 N–H and O–H groups in total. The highest BCUT2D eigenvalue weighted by molar-refractivity contribution is 6.74. The van der Waals surface area contributed by atoms with Crippen LogP contribution in [0.5, 0.6) is 0 Å². The second kappa shape index (κ2) is 12.8. The first-order valence-electron chi connectivity index (χ1n) is 12.8. The van der Waals surface area contributed by atoms with Gasteiger partial charge in [-0.25, -0.2) is 4.79 Å². The van der Waals surface area contributed by atoms with Gasteiger partial charge in [0.15, 0.2) is 8.32 Å². The van der Waals surface area contributed by atoms with Gasteiger partial charge in [-0.3, -0.25) is 4.79 Å². The lowest BCUT2D eigenvalue weighted by molar-refractivity contribution is -0.128. The Kier molecular flexibility index (Phi) is 10.7. The van der Waals surface area contributed by atoms with Crippen LogP contribution in [0.2, 0.25) is 18.1 Å². The average Bonchev–Trinajstić information content (AvgIpc) is 3.14. The Balaban J connectivity index is 1.80. The second-order valence-electron chi connectivity index (χ2n) is 11.2. The third-order valence-electron chi connectivity index (χ3n) is 7.36. The average molecular weight is 504 g/mol. The summed E-state index contributed by atoms with van der Waals surface area (Å²) in [6.07, 6.45) is 8.06. The maximum Gasteiger partial charge on any atom is 0.337 e. The van der Waals surface area contributed by atoms with Gasteiger partial charge in [0, 0.05) is 19.1 Å². The Labute approximate surface area is 212 Å². The van der Waals surface area contributed by atoms with Gasteiger partial charge >= 0.3 is 5.97 Å². The van der Waals surface area contributed by atoms with Crippen LogP contribution in [-0.4, -0.2) is 62.1 Å². The van der Waals surface area contributed by atoms with Crippen LogP contribution in [0.15, 0.2) is 36.4 Å². The van der Waals surface area contributed by atoms with Crippen molar-refractivity contribution in [1.82, 2.24) is 4.90 Å². The Bertz CT molecular complexity index is 859. The predicted octanol–water partition coefficient (Wildman–Crippen LogP) is 5.50. The van der Waals surface area contributed by atoms with Crippen LogP contribution in [0.1, 0.15) is 75.7 Å². The summed E-state index contributed by atoms with van der Waals surface area (Å²) in [5.41, 5.74) is 1.58. The van der Waals surface area contributed by atoms with E-state index in [0.717, 1.165) is 24.8 Å². The van der Waals surface area contributed by atoms with Crippen LogP contribution in [0.4, 0.5) is 0 Å². The molecule has 1 saturated heterocycles. The molecule has 1 amide bonds. The zero-order chi connectivity index (χ0) is 26.2. The quantitative estimate of drug-likeness (QED) is 0.231. The maximum absolute atomic E-state index is 12.4. The molecule has 0 spiro atoms. The molecular formula is C28H45NO5Si. The van der Waals surface area contributed by atoms with Gasteiger partial charge < -0.3 is 19.2 Å². The van der Waals surface area contributed by atoms with E-state index in [4.69, 9.17) is 9.16 Å². The lowest BCUT2D eigenvalue weighted by Gasteiger charge is -2.38. The number of aliphatic hydroxyl groups is 1. The monoisotopic (exact) mass is 503 g/mol. The molecule has 0 saturated carbocycles. The summed E-state index contributed by atoms with van der Waals surface area (Å²) in [7, 11) is -0.403. The zero-order valence-electron chi connectivity index (χ0n) is 22.7. The SMILES string of the molecule is COC(=O)c1ccc(CCN2C(=O)CC[C@@H]2C=CC(O)CCC[C@H](C)O[Si](C)(C)C(C)(C)C)cc1. The first-order valence-corrected chi connectivity index (χ1v) is 15.8. The largest absolute Gasteiger partial charge is 0.465 e.